The van der Waals surface area contributed by atoms with E-state index >= 15 is 0 Å². The number of nitrogens with two attached hydrogens (primary N) is 1. The van der Waals surface area contributed by atoms with Crippen LogP contribution in [0.2, 0.25) is 0 Å². The van der Waals surface area contributed by atoms with Crippen molar-refractivity contribution in [2.75, 3.05) is 6.54 Å². The van der Waals surface area contributed by atoms with Crippen LogP contribution in [0.3, 0.4) is 0 Å². The third-order valence-corrected chi connectivity index (χ3v) is 1.52. The molecule has 0 aliphatic heterocycles. The maximum atomic E-state index is 12.6. The molecule has 0 spiro atoms. The van der Waals surface area contributed by atoms with Gasteiger partial charge < -0.3 is 5.73 Å². The summed E-state index contributed by atoms with van der Waals surface area (Å²) in [6.45, 7) is 3.76. The Hall–Kier alpha value is -1.22. The zero-order chi connectivity index (χ0) is 9.14. The fourth-order valence-corrected chi connectivity index (χ4v) is 0.876. The Morgan fingerprint density at radius 2 is 1.75 bits per heavy atom. The number of hydrogen-bond donors (Lipinski definition) is 1. The maximum Gasteiger partial charge on any atom is 0.126 e. The summed E-state index contributed by atoms with van der Waals surface area (Å²) in [5.41, 5.74) is 6.19. The van der Waals surface area contributed by atoms with E-state index in [0.29, 0.717) is 11.1 Å². The van der Waals surface area contributed by atoms with Crippen molar-refractivity contribution in [3.8, 4) is 0 Å². The zero-order valence-corrected chi connectivity index (χ0v) is 6.48. The van der Waals surface area contributed by atoms with Gasteiger partial charge in [-0.25, -0.2) is 8.78 Å². The summed E-state index contributed by atoms with van der Waals surface area (Å²) in [6, 6.07) is 3.23. The predicted molar refractivity (Wildman–Crippen MR) is 44.4 cm³/mol. The molecule has 0 fully saturated rings. The quantitative estimate of drug-likeness (QED) is 0.719. The van der Waals surface area contributed by atoms with Gasteiger partial charge in [-0.1, -0.05) is 6.58 Å². The van der Waals surface area contributed by atoms with Crippen LogP contribution >= 0.6 is 0 Å². The highest BCUT2D eigenvalue weighted by molar-refractivity contribution is 5.64. The number of benzene rings is 1. The van der Waals surface area contributed by atoms with Gasteiger partial charge in [0.15, 0.2) is 0 Å². The van der Waals surface area contributed by atoms with Crippen molar-refractivity contribution < 1.29 is 8.78 Å². The summed E-state index contributed by atoms with van der Waals surface area (Å²) in [5, 5.41) is 0. The van der Waals surface area contributed by atoms with E-state index < -0.39 is 11.6 Å². The van der Waals surface area contributed by atoms with Gasteiger partial charge in [0.05, 0.1) is 0 Å². The molecule has 1 aromatic rings. The lowest BCUT2D eigenvalue weighted by molar-refractivity contribution is 0.582. The highest BCUT2D eigenvalue weighted by Gasteiger charge is 2.01. The molecular formula is C9H9F2N. The van der Waals surface area contributed by atoms with Crippen LogP contribution < -0.4 is 5.73 Å². The molecule has 0 radical (unpaired) electrons. The molecule has 12 heavy (non-hydrogen) atoms. The molecule has 64 valence electrons. The Labute approximate surface area is 69.5 Å². The second kappa shape index (κ2) is 3.45. The Morgan fingerprint density at radius 3 is 2.17 bits per heavy atom. The minimum atomic E-state index is -0.611. The van der Waals surface area contributed by atoms with Gasteiger partial charge in [-0.15, -0.1) is 0 Å². The fourth-order valence-electron chi connectivity index (χ4n) is 0.876. The fraction of sp³-hybridized carbons (Fsp3) is 0.111. The van der Waals surface area contributed by atoms with Crippen LogP contribution in [0.15, 0.2) is 24.8 Å². The van der Waals surface area contributed by atoms with Gasteiger partial charge in [0, 0.05) is 12.6 Å². The monoisotopic (exact) mass is 169 g/mol. The minimum Gasteiger partial charge on any atom is -0.326 e. The summed E-state index contributed by atoms with van der Waals surface area (Å²) in [6.07, 6.45) is 0. The van der Waals surface area contributed by atoms with E-state index in [4.69, 9.17) is 5.73 Å². The standard InChI is InChI=1S/C9H9F2N/c1-6(5-12)7-2-8(10)4-9(11)3-7/h2-4H,1,5,12H2. The van der Waals surface area contributed by atoms with Crippen molar-refractivity contribution in [2.45, 2.75) is 0 Å². The zero-order valence-electron chi connectivity index (χ0n) is 6.48. The van der Waals surface area contributed by atoms with E-state index in [9.17, 15) is 8.78 Å². The van der Waals surface area contributed by atoms with E-state index in [-0.39, 0.29) is 6.54 Å². The maximum absolute atomic E-state index is 12.6. The molecule has 0 aromatic heterocycles. The van der Waals surface area contributed by atoms with Gasteiger partial charge in [-0.05, 0) is 23.3 Å². The molecule has 2 N–H and O–H groups in total. The molecule has 1 rings (SSSR count). The molecule has 0 amide bonds. The second-order valence-corrected chi connectivity index (χ2v) is 2.47. The molecule has 0 saturated carbocycles. The number of hydrogen-bond acceptors (Lipinski definition) is 1. The van der Waals surface area contributed by atoms with Crippen LogP contribution in [0.1, 0.15) is 5.56 Å². The highest BCUT2D eigenvalue weighted by Crippen LogP contribution is 2.14. The average Bonchev–Trinajstić information content (AvgIpc) is 2.01. The number of rotatable bonds is 2. The van der Waals surface area contributed by atoms with Crippen LogP contribution in [0, 0.1) is 11.6 Å². The molecule has 0 unspecified atom stereocenters. The predicted octanol–water partition coefficient (Wildman–Crippen LogP) is 1.94. The average molecular weight is 169 g/mol. The highest BCUT2D eigenvalue weighted by atomic mass is 19.1. The third kappa shape index (κ3) is 1.89. The van der Waals surface area contributed by atoms with E-state index in [0.717, 1.165) is 6.07 Å². The van der Waals surface area contributed by atoms with E-state index in [1.54, 1.807) is 0 Å². The summed E-state index contributed by atoms with van der Waals surface area (Å²) >= 11 is 0. The van der Waals surface area contributed by atoms with Crippen LogP contribution in [0.25, 0.3) is 5.57 Å². The first-order chi connectivity index (χ1) is 5.63. The Bertz CT molecular complexity index is 287. The van der Waals surface area contributed by atoms with Crippen molar-refractivity contribution in [1.29, 1.82) is 0 Å². The second-order valence-electron chi connectivity index (χ2n) is 2.47. The van der Waals surface area contributed by atoms with Gasteiger partial charge in [-0.2, -0.15) is 0 Å². The summed E-state index contributed by atoms with van der Waals surface area (Å²) in [5.74, 6) is -1.22. The van der Waals surface area contributed by atoms with Gasteiger partial charge in [0.1, 0.15) is 11.6 Å². The van der Waals surface area contributed by atoms with Crippen LogP contribution in [0.4, 0.5) is 8.78 Å². The lowest BCUT2D eigenvalue weighted by Gasteiger charge is -2.02. The SMILES string of the molecule is C=C(CN)c1cc(F)cc(F)c1. The third-order valence-electron chi connectivity index (χ3n) is 1.52. The Morgan fingerprint density at radius 1 is 1.25 bits per heavy atom. The first-order valence-electron chi connectivity index (χ1n) is 3.48. The molecule has 0 aliphatic carbocycles. The van der Waals surface area contributed by atoms with E-state index in [2.05, 4.69) is 6.58 Å². The summed E-state index contributed by atoms with van der Waals surface area (Å²) < 4.78 is 25.2. The molecule has 0 heterocycles. The molecule has 0 bridgehead atoms. The van der Waals surface area contributed by atoms with Crippen molar-refractivity contribution >= 4 is 5.57 Å². The first kappa shape index (κ1) is 8.87. The molecule has 1 aromatic carbocycles. The van der Waals surface area contributed by atoms with Crippen LogP contribution in [-0.2, 0) is 0 Å². The smallest absolute Gasteiger partial charge is 0.126 e. The van der Waals surface area contributed by atoms with Gasteiger partial charge in [0.2, 0.25) is 0 Å². The minimum absolute atomic E-state index is 0.197. The lowest BCUT2D eigenvalue weighted by atomic mass is 10.1. The van der Waals surface area contributed by atoms with Crippen LogP contribution in [0.5, 0.6) is 0 Å². The first-order valence-corrected chi connectivity index (χ1v) is 3.48. The lowest BCUT2D eigenvalue weighted by Crippen LogP contribution is -2.01. The van der Waals surface area contributed by atoms with Gasteiger partial charge in [0.25, 0.3) is 0 Å². The molecular weight excluding hydrogens is 160 g/mol. The molecule has 1 nitrogen and oxygen atoms in total. The normalized spacial score (nSPS) is 9.92. The van der Waals surface area contributed by atoms with Crippen molar-refractivity contribution in [3.63, 3.8) is 0 Å². The van der Waals surface area contributed by atoms with Gasteiger partial charge in [-0.3, -0.25) is 0 Å². The molecule has 0 aliphatic rings. The van der Waals surface area contributed by atoms with E-state index in [1.807, 2.05) is 0 Å². The summed E-state index contributed by atoms with van der Waals surface area (Å²) in [4.78, 5) is 0. The van der Waals surface area contributed by atoms with Crippen molar-refractivity contribution in [3.05, 3.63) is 42.0 Å². The Balaban J connectivity index is 3.08. The molecule has 3 heteroatoms. The van der Waals surface area contributed by atoms with Crippen LogP contribution in [-0.4, -0.2) is 6.54 Å². The topological polar surface area (TPSA) is 26.0 Å². The van der Waals surface area contributed by atoms with Gasteiger partial charge >= 0.3 is 0 Å². The number of halogens is 2. The molecule has 0 atom stereocenters. The largest absolute Gasteiger partial charge is 0.326 e. The van der Waals surface area contributed by atoms with E-state index in [1.165, 1.54) is 12.1 Å². The Kier molecular flexibility index (Phi) is 2.55. The van der Waals surface area contributed by atoms with Crippen molar-refractivity contribution in [1.82, 2.24) is 0 Å². The van der Waals surface area contributed by atoms with Crippen molar-refractivity contribution in [2.24, 2.45) is 5.73 Å². The summed E-state index contributed by atoms with van der Waals surface area (Å²) in [7, 11) is 0. The molecule has 0 saturated heterocycles.